The van der Waals surface area contributed by atoms with Gasteiger partial charge in [0.05, 0.1) is 6.54 Å². The number of imide groups is 1. The second-order valence-electron chi connectivity index (χ2n) is 13.2. The Morgan fingerprint density at radius 2 is 1.42 bits per heavy atom. The molecule has 1 heterocycles. The minimum Gasteiger partial charge on any atom is -0.619 e. The molecule has 50 heavy (non-hydrogen) atoms. The van der Waals surface area contributed by atoms with Gasteiger partial charge < -0.3 is 10.5 Å². The molecule has 0 saturated heterocycles. The van der Waals surface area contributed by atoms with Crippen LogP contribution in [0.25, 0.3) is 5.57 Å². The van der Waals surface area contributed by atoms with E-state index in [-0.39, 0.29) is 23.8 Å². The van der Waals surface area contributed by atoms with E-state index in [1.54, 1.807) is 18.2 Å². The Morgan fingerprint density at radius 1 is 0.840 bits per heavy atom. The maximum atomic E-state index is 12.8. The van der Waals surface area contributed by atoms with E-state index in [1.807, 2.05) is 96.1 Å². The van der Waals surface area contributed by atoms with Gasteiger partial charge in [0.1, 0.15) is 5.56 Å². The van der Waals surface area contributed by atoms with Gasteiger partial charge in [0.25, 0.3) is 11.8 Å². The van der Waals surface area contributed by atoms with Gasteiger partial charge >= 0.3 is 5.91 Å². The van der Waals surface area contributed by atoms with Crippen LogP contribution in [0.4, 0.5) is 11.4 Å². The molecule has 0 bridgehead atoms. The summed E-state index contributed by atoms with van der Waals surface area (Å²) in [7, 11) is 0. The number of anilines is 1. The average Bonchev–Trinajstić information content (AvgIpc) is 3.09. The molecule has 4 aromatic rings. The fraction of sp³-hybridized carbons (Fsp3) is 0.238. The van der Waals surface area contributed by atoms with Crippen molar-refractivity contribution in [2.24, 2.45) is 5.41 Å². The molecule has 1 unspecified atom stereocenters. The molecule has 4 amide bonds. The molecule has 0 radical (unpaired) electrons. The lowest BCUT2D eigenvalue weighted by Gasteiger charge is -2.47. The Morgan fingerprint density at radius 3 is 1.94 bits per heavy atom. The summed E-state index contributed by atoms with van der Waals surface area (Å²) in [6.45, 7) is 17.9. The number of nitrogens with zero attached hydrogens (tertiary/aromatic N) is 1. The van der Waals surface area contributed by atoms with Crippen LogP contribution >= 0.6 is 0 Å². The molecular weight excluding hydrogens is 626 g/mol. The highest BCUT2D eigenvalue weighted by Crippen LogP contribution is 2.41. The molecule has 0 saturated carbocycles. The number of hydrogen-bond acceptors (Lipinski definition) is 5. The summed E-state index contributed by atoms with van der Waals surface area (Å²) in [4.78, 5) is 46.4. The Hall–Kier alpha value is -5.62. The number of nitrogens with one attached hydrogen (secondary N) is 2. The summed E-state index contributed by atoms with van der Waals surface area (Å²) < 4.78 is -0.924. The van der Waals surface area contributed by atoms with E-state index in [9.17, 15) is 24.4 Å². The predicted octanol–water partition coefficient (Wildman–Crippen LogP) is 8.80. The molecular formula is C42H47N3O5. The SMILES string of the molecule is C#C.C=C(C)c1ccc(C)c(C(=O)NC=O)c1.Cc1ccc(NC(=O)c2ccc3c(c2)C(=O)[N+]3([O-])CCC(C)(C)C)cc1.Cc1ccccc1. The van der Waals surface area contributed by atoms with Crippen molar-refractivity contribution in [3.63, 3.8) is 0 Å². The number of fused-ring (bicyclic) bond motifs is 1. The summed E-state index contributed by atoms with van der Waals surface area (Å²) >= 11 is 0. The van der Waals surface area contributed by atoms with Crippen molar-refractivity contribution in [2.45, 2.75) is 54.9 Å². The summed E-state index contributed by atoms with van der Waals surface area (Å²) in [5.74, 6) is -1.14. The zero-order valence-electron chi connectivity index (χ0n) is 30.0. The second kappa shape index (κ2) is 18.2. The normalized spacial score (nSPS) is 13.9. The molecule has 0 fully saturated rings. The predicted molar refractivity (Wildman–Crippen MR) is 204 cm³/mol. The summed E-state index contributed by atoms with van der Waals surface area (Å²) in [5.41, 5.74) is 7.40. The first-order valence-corrected chi connectivity index (χ1v) is 16.1. The maximum Gasteiger partial charge on any atom is 0.357 e. The van der Waals surface area contributed by atoms with E-state index in [0.717, 1.165) is 22.3 Å². The topological polar surface area (TPSA) is 115 Å². The fourth-order valence-corrected chi connectivity index (χ4v) is 4.77. The number of amides is 4. The van der Waals surface area contributed by atoms with E-state index in [2.05, 4.69) is 49.1 Å². The number of benzene rings is 4. The molecule has 0 spiro atoms. The van der Waals surface area contributed by atoms with Gasteiger partial charge in [-0.1, -0.05) is 98.6 Å². The number of aryl methyl sites for hydroxylation is 3. The summed E-state index contributed by atoms with van der Waals surface area (Å²) in [6.07, 6.45) is 9.03. The molecule has 0 aliphatic carbocycles. The van der Waals surface area contributed by atoms with Crippen LogP contribution in [0.5, 0.6) is 0 Å². The van der Waals surface area contributed by atoms with Crippen LogP contribution < -0.4 is 15.3 Å². The van der Waals surface area contributed by atoms with Crippen LogP contribution in [0.15, 0.2) is 97.6 Å². The third-order valence-electron chi connectivity index (χ3n) is 7.80. The Kier molecular flexibility index (Phi) is 14.8. The van der Waals surface area contributed by atoms with Gasteiger partial charge in [-0.3, -0.25) is 24.3 Å². The summed E-state index contributed by atoms with van der Waals surface area (Å²) in [6, 6.07) is 27.9. The van der Waals surface area contributed by atoms with Gasteiger partial charge in [0.15, 0.2) is 5.69 Å². The lowest BCUT2D eigenvalue weighted by atomic mass is 9.90. The molecule has 1 atom stereocenters. The first kappa shape index (κ1) is 40.6. The quantitative estimate of drug-likeness (QED) is 0.0881. The van der Waals surface area contributed by atoms with E-state index in [1.165, 1.54) is 11.6 Å². The Labute approximate surface area is 296 Å². The first-order valence-electron chi connectivity index (χ1n) is 16.1. The fourth-order valence-electron chi connectivity index (χ4n) is 4.77. The minimum atomic E-state index is -0.924. The minimum absolute atomic E-state index is 0.0143. The van der Waals surface area contributed by atoms with Gasteiger partial charge in [-0.2, -0.15) is 0 Å². The van der Waals surface area contributed by atoms with Crippen molar-refractivity contribution in [2.75, 3.05) is 11.9 Å². The number of carbonyl (C=O) groups excluding carboxylic acids is 4. The zero-order chi connectivity index (χ0) is 37.6. The first-order chi connectivity index (χ1) is 23.6. The molecule has 2 N–H and O–H groups in total. The average molecular weight is 674 g/mol. The van der Waals surface area contributed by atoms with Crippen molar-refractivity contribution in [3.8, 4) is 12.8 Å². The standard InChI is InChI=1S/C21H24N2O3.C12H13NO2.C7H8.C2H2/c1-14-5-8-16(9-6-14)22-19(24)15-7-10-18-17(13-15)20(25)23(18,26)12-11-21(2,3)4;1-8(2)10-5-4-9(3)11(6-10)12(15)13-7-14;1-7-5-3-2-4-6-7;1-2/h5-10,13H,11-12H2,1-4H3,(H,22,24);4-7H,1H2,2-3H3,(H,13,14,15);2-6H,1H3;1-2H. The van der Waals surface area contributed by atoms with E-state index in [4.69, 9.17) is 0 Å². The van der Waals surface area contributed by atoms with Gasteiger partial charge in [-0.15, -0.1) is 12.8 Å². The Balaban J connectivity index is 0.000000302. The number of carbonyl (C=O) groups is 4. The van der Waals surface area contributed by atoms with E-state index >= 15 is 0 Å². The number of hydrogen-bond donors (Lipinski definition) is 2. The maximum absolute atomic E-state index is 12.8. The van der Waals surface area contributed by atoms with Crippen LogP contribution in [0.2, 0.25) is 0 Å². The van der Waals surface area contributed by atoms with Gasteiger partial charge in [0.2, 0.25) is 6.41 Å². The van der Waals surface area contributed by atoms with Gasteiger partial charge in [-0.05, 0) is 74.6 Å². The van der Waals surface area contributed by atoms with Gasteiger partial charge in [-0.25, -0.2) is 4.79 Å². The summed E-state index contributed by atoms with van der Waals surface area (Å²) in [5, 5.41) is 17.8. The van der Waals surface area contributed by atoms with Crippen molar-refractivity contribution in [1.29, 1.82) is 0 Å². The highest BCUT2D eigenvalue weighted by Gasteiger charge is 2.47. The van der Waals surface area contributed by atoms with E-state index < -0.39 is 10.6 Å². The van der Waals surface area contributed by atoms with Crippen molar-refractivity contribution >= 4 is 41.1 Å². The van der Waals surface area contributed by atoms with E-state index in [0.29, 0.717) is 40.9 Å². The van der Waals surface area contributed by atoms with Crippen molar-refractivity contribution in [1.82, 2.24) is 9.96 Å². The lowest BCUT2D eigenvalue weighted by molar-refractivity contribution is -0.108. The molecule has 8 heteroatoms. The largest absolute Gasteiger partial charge is 0.619 e. The number of hydroxylamine groups is 2. The highest BCUT2D eigenvalue weighted by atomic mass is 16.6. The van der Waals surface area contributed by atoms with Crippen LogP contribution in [-0.2, 0) is 4.79 Å². The number of quaternary nitrogens is 1. The van der Waals surface area contributed by atoms with Gasteiger partial charge in [0, 0.05) is 29.3 Å². The monoisotopic (exact) mass is 673 g/mol. The van der Waals surface area contributed by atoms with Crippen molar-refractivity contribution < 1.29 is 19.2 Å². The Bertz CT molecular complexity index is 1840. The third-order valence-corrected chi connectivity index (χ3v) is 7.80. The van der Waals surface area contributed by atoms with Crippen LogP contribution in [0, 0.1) is 44.2 Å². The zero-order valence-corrected chi connectivity index (χ0v) is 30.0. The molecule has 260 valence electrons. The molecule has 4 aromatic carbocycles. The smallest absolute Gasteiger partial charge is 0.357 e. The molecule has 0 aromatic heterocycles. The number of terminal acetylenes is 1. The number of allylic oxidation sites excluding steroid dienone is 1. The van der Waals surface area contributed by atoms with Crippen LogP contribution in [0.1, 0.15) is 87.4 Å². The van der Waals surface area contributed by atoms with Crippen LogP contribution in [0.3, 0.4) is 0 Å². The molecule has 8 nitrogen and oxygen atoms in total. The number of rotatable bonds is 7. The molecule has 1 aliphatic heterocycles. The molecule has 5 rings (SSSR count). The second-order valence-corrected chi connectivity index (χ2v) is 13.2. The van der Waals surface area contributed by atoms with Crippen LogP contribution in [-0.4, -0.2) is 30.7 Å². The highest BCUT2D eigenvalue weighted by molar-refractivity contribution is 6.17. The molecule has 1 aliphatic rings. The van der Waals surface area contributed by atoms with Crippen molar-refractivity contribution in [3.05, 3.63) is 142 Å². The third kappa shape index (κ3) is 11.2. The lowest BCUT2D eigenvalue weighted by Crippen LogP contribution is -2.58.